The number of nitriles is 1. The Morgan fingerprint density at radius 2 is 1.77 bits per heavy atom. The minimum atomic E-state index is -1.37. The van der Waals surface area contributed by atoms with Crippen molar-refractivity contribution in [3.8, 4) is 6.07 Å². The van der Waals surface area contributed by atoms with Crippen molar-refractivity contribution in [2.45, 2.75) is 57.9 Å². The van der Waals surface area contributed by atoms with Gasteiger partial charge in [0.1, 0.15) is 0 Å². The number of carbonyl (C=O) groups excluding carboxylic acids is 1. The van der Waals surface area contributed by atoms with Gasteiger partial charge in [-0.15, -0.1) is 0 Å². The Kier molecular flexibility index (Phi) is 6.96. The monoisotopic (exact) mass is 419 g/mol. The minimum absolute atomic E-state index is 0.00850. The van der Waals surface area contributed by atoms with E-state index in [0.717, 1.165) is 37.7 Å². The van der Waals surface area contributed by atoms with E-state index in [1.807, 2.05) is 26.0 Å². The third kappa shape index (κ3) is 4.88. The SMILES string of the molecule is CCc1cc(NC(=O)C2CCCC2)cc(C(CC)(Nc2ccc(C#N)cc2)C(=O)O)c1. The molecule has 2 aromatic rings. The van der Waals surface area contributed by atoms with Gasteiger partial charge in [0.05, 0.1) is 11.6 Å². The Morgan fingerprint density at radius 1 is 1.10 bits per heavy atom. The zero-order valence-electron chi connectivity index (χ0n) is 18.1. The van der Waals surface area contributed by atoms with Crippen LogP contribution in [0.3, 0.4) is 0 Å². The molecular formula is C25H29N3O3. The number of rotatable bonds is 8. The number of hydrogen-bond acceptors (Lipinski definition) is 4. The maximum atomic E-state index is 12.7. The second-order valence-corrected chi connectivity index (χ2v) is 8.12. The molecule has 1 atom stereocenters. The molecule has 0 saturated heterocycles. The fourth-order valence-electron chi connectivity index (χ4n) is 4.21. The molecule has 162 valence electrons. The van der Waals surface area contributed by atoms with Crippen LogP contribution in [-0.2, 0) is 21.5 Å². The molecule has 0 heterocycles. The van der Waals surface area contributed by atoms with Crippen molar-refractivity contribution < 1.29 is 14.7 Å². The smallest absolute Gasteiger partial charge is 0.334 e. The highest BCUT2D eigenvalue weighted by Crippen LogP contribution is 2.34. The van der Waals surface area contributed by atoms with Crippen molar-refractivity contribution in [3.05, 3.63) is 59.2 Å². The molecule has 1 aliphatic carbocycles. The molecule has 0 bridgehead atoms. The number of carboxylic acids is 1. The minimum Gasteiger partial charge on any atom is -0.479 e. The normalized spacial score (nSPS) is 15.6. The van der Waals surface area contributed by atoms with Crippen LogP contribution in [0, 0.1) is 17.2 Å². The Balaban J connectivity index is 1.98. The van der Waals surface area contributed by atoms with Gasteiger partial charge < -0.3 is 15.7 Å². The quantitative estimate of drug-likeness (QED) is 0.555. The molecule has 31 heavy (non-hydrogen) atoms. The van der Waals surface area contributed by atoms with Crippen LogP contribution in [0.2, 0.25) is 0 Å². The van der Waals surface area contributed by atoms with E-state index in [0.29, 0.717) is 28.9 Å². The molecule has 1 amide bonds. The van der Waals surface area contributed by atoms with E-state index < -0.39 is 11.5 Å². The van der Waals surface area contributed by atoms with Crippen molar-refractivity contribution >= 4 is 23.3 Å². The molecule has 0 radical (unpaired) electrons. The van der Waals surface area contributed by atoms with E-state index in [1.165, 1.54) is 0 Å². The Bertz CT molecular complexity index is 988. The molecule has 1 aliphatic rings. The number of carbonyl (C=O) groups is 2. The molecule has 3 rings (SSSR count). The largest absolute Gasteiger partial charge is 0.479 e. The third-order valence-corrected chi connectivity index (χ3v) is 6.15. The number of aryl methyl sites for hydroxylation is 1. The van der Waals surface area contributed by atoms with E-state index in [-0.39, 0.29) is 11.8 Å². The summed E-state index contributed by atoms with van der Waals surface area (Å²) in [6, 6.07) is 14.4. The molecule has 3 N–H and O–H groups in total. The van der Waals surface area contributed by atoms with Gasteiger partial charge in [-0.25, -0.2) is 4.79 Å². The summed E-state index contributed by atoms with van der Waals surface area (Å²) < 4.78 is 0. The maximum Gasteiger partial charge on any atom is 0.334 e. The highest BCUT2D eigenvalue weighted by Gasteiger charge is 2.39. The van der Waals surface area contributed by atoms with Crippen LogP contribution in [0.5, 0.6) is 0 Å². The number of nitrogens with one attached hydrogen (secondary N) is 2. The van der Waals surface area contributed by atoms with Crippen LogP contribution in [0.1, 0.15) is 62.6 Å². The van der Waals surface area contributed by atoms with Crippen molar-refractivity contribution in [2.75, 3.05) is 10.6 Å². The van der Waals surface area contributed by atoms with Gasteiger partial charge >= 0.3 is 5.97 Å². The molecule has 1 saturated carbocycles. The van der Waals surface area contributed by atoms with E-state index in [9.17, 15) is 14.7 Å². The number of amides is 1. The first-order chi connectivity index (χ1) is 14.9. The van der Waals surface area contributed by atoms with E-state index in [1.54, 1.807) is 30.3 Å². The van der Waals surface area contributed by atoms with E-state index >= 15 is 0 Å². The molecule has 0 spiro atoms. The van der Waals surface area contributed by atoms with Crippen LogP contribution in [-0.4, -0.2) is 17.0 Å². The van der Waals surface area contributed by atoms with Crippen LogP contribution in [0.4, 0.5) is 11.4 Å². The lowest BCUT2D eigenvalue weighted by Crippen LogP contribution is -2.43. The van der Waals surface area contributed by atoms with Gasteiger partial charge in [-0.1, -0.05) is 32.8 Å². The van der Waals surface area contributed by atoms with Crippen LogP contribution < -0.4 is 10.6 Å². The number of aliphatic carboxylic acids is 1. The van der Waals surface area contributed by atoms with E-state index in [4.69, 9.17) is 5.26 Å². The van der Waals surface area contributed by atoms with Gasteiger partial charge in [-0.3, -0.25) is 4.79 Å². The lowest BCUT2D eigenvalue weighted by molar-refractivity contribution is -0.142. The molecule has 0 aromatic heterocycles. The fraction of sp³-hybridized carbons (Fsp3) is 0.400. The molecule has 6 nitrogen and oxygen atoms in total. The zero-order valence-corrected chi connectivity index (χ0v) is 18.1. The van der Waals surface area contributed by atoms with Gasteiger partial charge in [0.2, 0.25) is 5.91 Å². The third-order valence-electron chi connectivity index (χ3n) is 6.15. The standard InChI is InChI=1S/C25H29N3O3/c1-3-17-13-20(15-22(14-17)27-23(29)19-7-5-6-8-19)25(4-2,24(30)31)28-21-11-9-18(16-26)10-12-21/h9-15,19,28H,3-8H2,1-2H3,(H,27,29)(H,30,31). The first-order valence-electron chi connectivity index (χ1n) is 10.9. The highest BCUT2D eigenvalue weighted by atomic mass is 16.4. The first-order valence-corrected chi connectivity index (χ1v) is 10.9. The van der Waals surface area contributed by atoms with Crippen molar-refractivity contribution in [3.63, 3.8) is 0 Å². The number of benzene rings is 2. The highest BCUT2D eigenvalue weighted by molar-refractivity contribution is 5.93. The average molecular weight is 420 g/mol. The molecule has 0 aliphatic heterocycles. The van der Waals surface area contributed by atoms with Gasteiger partial charge in [0.15, 0.2) is 5.54 Å². The molecule has 1 unspecified atom stereocenters. The summed E-state index contributed by atoms with van der Waals surface area (Å²) in [5.41, 5.74) is 1.93. The maximum absolute atomic E-state index is 12.7. The van der Waals surface area contributed by atoms with Crippen molar-refractivity contribution in [1.82, 2.24) is 0 Å². The van der Waals surface area contributed by atoms with Gasteiger partial charge in [0.25, 0.3) is 0 Å². The summed E-state index contributed by atoms with van der Waals surface area (Å²) >= 11 is 0. The fourth-order valence-corrected chi connectivity index (χ4v) is 4.21. The summed E-state index contributed by atoms with van der Waals surface area (Å²) in [5, 5.41) is 25.5. The van der Waals surface area contributed by atoms with E-state index in [2.05, 4.69) is 16.7 Å². The number of anilines is 2. The summed E-state index contributed by atoms with van der Waals surface area (Å²) in [5.74, 6) is -0.962. The summed E-state index contributed by atoms with van der Waals surface area (Å²) in [7, 11) is 0. The summed E-state index contributed by atoms with van der Waals surface area (Å²) in [4.78, 5) is 25.2. The van der Waals surface area contributed by atoms with Crippen LogP contribution in [0.15, 0.2) is 42.5 Å². The second-order valence-electron chi connectivity index (χ2n) is 8.12. The number of nitrogens with zero attached hydrogens (tertiary/aromatic N) is 1. The van der Waals surface area contributed by atoms with Crippen molar-refractivity contribution in [1.29, 1.82) is 5.26 Å². The number of carboxylic acid groups (broad SMARTS) is 1. The van der Waals surface area contributed by atoms with Crippen LogP contribution in [0.25, 0.3) is 0 Å². The Labute approximate surface area is 183 Å². The Hall–Kier alpha value is -3.33. The predicted octanol–water partition coefficient (Wildman–Crippen LogP) is 5.05. The Morgan fingerprint density at radius 3 is 2.32 bits per heavy atom. The lowest BCUT2D eigenvalue weighted by Gasteiger charge is -2.32. The van der Waals surface area contributed by atoms with Crippen molar-refractivity contribution in [2.24, 2.45) is 5.92 Å². The predicted molar refractivity (Wildman–Crippen MR) is 121 cm³/mol. The first kappa shape index (κ1) is 22.4. The molecule has 6 heteroatoms. The van der Waals surface area contributed by atoms with Gasteiger partial charge in [-0.2, -0.15) is 5.26 Å². The number of hydrogen-bond donors (Lipinski definition) is 3. The molecule has 1 fully saturated rings. The second kappa shape index (κ2) is 9.65. The van der Waals surface area contributed by atoms with Gasteiger partial charge in [-0.05, 0) is 73.2 Å². The summed E-state index contributed by atoms with van der Waals surface area (Å²) in [6.07, 6.45) is 4.97. The summed E-state index contributed by atoms with van der Waals surface area (Å²) in [6.45, 7) is 3.82. The molecular weight excluding hydrogens is 390 g/mol. The molecule has 2 aromatic carbocycles. The average Bonchev–Trinajstić information content (AvgIpc) is 3.32. The topological polar surface area (TPSA) is 102 Å². The van der Waals surface area contributed by atoms with Crippen LogP contribution >= 0.6 is 0 Å². The zero-order chi connectivity index (χ0) is 22.4. The lowest BCUT2D eigenvalue weighted by atomic mass is 9.85. The van der Waals surface area contributed by atoms with Gasteiger partial charge in [0, 0.05) is 17.3 Å².